The molecule has 1 heterocycles. The summed E-state index contributed by atoms with van der Waals surface area (Å²) < 4.78 is 0. The van der Waals surface area contributed by atoms with Crippen LogP contribution in [0.2, 0.25) is 0 Å². The summed E-state index contributed by atoms with van der Waals surface area (Å²) in [7, 11) is 0. The molecule has 0 atom stereocenters. The van der Waals surface area contributed by atoms with Crippen LogP contribution in [0.1, 0.15) is 17.4 Å². The normalized spacial score (nSPS) is 9.42. The zero-order valence-electron chi connectivity index (χ0n) is 6.57. The number of carbonyl (C=O) groups excluding carboxylic acids is 1. The molecule has 5 nitrogen and oxygen atoms in total. The van der Waals surface area contributed by atoms with E-state index in [-0.39, 0.29) is 5.69 Å². The Kier molecular flexibility index (Phi) is 2.57. The van der Waals surface area contributed by atoms with Crippen molar-refractivity contribution in [1.82, 2.24) is 15.3 Å². The largest absolute Gasteiger partial charge is 0.351 e. The van der Waals surface area contributed by atoms with Gasteiger partial charge in [0, 0.05) is 18.9 Å². The van der Waals surface area contributed by atoms with Gasteiger partial charge in [-0.05, 0) is 6.92 Å². The van der Waals surface area contributed by atoms with E-state index in [9.17, 15) is 9.90 Å². The van der Waals surface area contributed by atoms with E-state index in [1.807, 2.05) is 0 Å². The predicted molar refractivity (Wildman–Crippen MR) is 40.2 cm³/mol. The van der Waals surface area contributed by atoms with Crippen molar-refractivity contribution >= 4 is 5.91 Å². The molecule has 1 N–H and O–H groups in total. The molecule has 0 aromatic carbocycles. The minimum absolute atomic E-state index is 0.153. The highest BCUT2D eigenvalue weighted by atomic mass is 16.3. The van der Waals surface area contributed by atoms with Crippen LogP contribution in [0.15, 0.2) is 12.4 Å². The Balaban J connectivity index is 2.87. The summed E-state index contributed by atoms with van der Waals surface area (Å²) in [5, 5.41) is 13.4. The Morgan fingerprint density at radius 1 is 1.50 bits per heavy atom. The Labute approximate surface area is 69.5 Å². The van der Waals surface area contributed by atoms with Crippen molar-refractivity contribution in [3.8, 4) is 5.88 Å². The number of amides is 1. The average molecular weight is 166 g/mol. The zero-order chi connectivity index (χ0) is 8.97. The van der Waals surface area contributed by atoms with Crippen LogP contribution in [0, 0.1) is 0 Å². The molecule has 0 unspecified atom stereocenters. The number of carbonyl (C=O) groups is 1. The number of nitrogens with zero attached hydrogens (tertiary/aromatic N) is 2. The van der Waals surface area contributed by atoms with Gasteiger partial charge in [-0.3, -0.25) is 9.90 Å². The van der Waals surface area contributed by atoms with Crippen LogP contribution in [0.4, 0.5) is 0 Å². The van der Waals surface area contributed by atoms with Crippen LogP contribution in [0.5, 0.6) is 5.88 Å². The van der Waals surface area contributed by atoms with E-state index in [1.165, 1.54) is 12.4 Å². The highest BCUT2D eigenvalue weighted by molar-refractivity contribution is 5.94. The third kappa shape index (κ3) is 1.69. The van der Waals surface area contributed by atoms with Crippen LogP contribution >= 0.6 is 0 Å². The van der Waals surface area contributed by atoms with Crippen molar-refractivity contribution in [3.05, 3.63) is 18.1 Å². The maximum absolute atomic E-state index is 11.1. The molecule has 0 fully saturated rings. The summed E-state index contributed by atoms with van der Waals surface area (Å²) in [4.78, 5) is 18.1. The monoisotopic (exact) mass is 166 g/mol. The first kappa shape index (κ1) is 8.45. The van der Waals surface area contributed by atoms with Crippen LogP contribution in [0.25, 0.3) is 0 Å². The van der Waals surface area contributed by atoms with Gasteiger partial charge in [-0.15, -0.1) is 0 Å². The molecule has 63 valence electrons. The van der Waals surface area contributed by atoms with Crippen molar-refractivity contribution < 1.29 is 9.90 Å². The second-order valence-corrected chi connectivity index (χ2v) is 2.07. The van der Waals surface area contributed by atoms with Gasteiger partial charge >= 0.3 is 5.88 Å². The van der Waals surface area contributed by atoms with E-state index in [1.54, 1.807) is 6.92 Å². The molecule has 0 aliphatic heterocycles. The van der Waals surface area contributed by atoms with Gasteiger partial charge in [-0.1, -0.05) is 0 Å². The smallest absolute Gasteiger partial charge is 0.301 e. The lowest BCUT2D eigenvalue weighted by atomic mass is 10.4. The number of hydrogen-bond donors (Lipinski definition) is 1. The Morgan fingerprint density at radius 3 is 2.75 bits per heavy atom. The molecule has 12 heavy (non-hydrogen) atoms. The van der Waals surface area contributed by atoms with Gasteiger partial charge in [-0.2, -0.15) is 0 Å². The SMILES string of the molecule is CCNC(=O)c1nccnc1[O]. The summed E-state index contributed by atoms with van der Waals surface area (Å²) >= 11 is 0. The average Bonchev–Trinajstić information content (AvgIpc) is 2.05. The van der Waals surface area contributed by atoms with Crippen molar-refractivity contribution in [2.75, 3.05) is 6.54 Å². The van der Waals surface area contributed by atoms with Crippen molar-refractivity contribution in [3.63, 3.8) is 0 Å². The molecule has 1 radical (unpaired) electrons. The van der Waals surface area contributed by atoms with Gasteiger partial charge in [0.25, 0.3) is 5.91 Å². The van der Waals surface area contributed by atoms with E-state index >= 15 is 0 Å². The fourth-order valence-corrected chi connectivity index (χ4v) is 0.725. The third-order valence-electron chi connectivity index (χ3n) is 1.22. The molecule has 1 rings (SSSR count). The molecule has 0 aliphatic carbocycles. The number of nitrogens with one attached hydrogen (secondary N) is 1. The predicted octanol–water partition coefficient (Wildman–Crippen LogP) is 0.370. The molecular weight excluding hydrogens is 158 g/mol. The highest BCUT2D eigenvalue weighted by Crippen LogP contribution is 2.08. The summed E-state index contributed by atoms with van der Waals surface area (Å²) in [5.74, 6) is -1.07. The van der Waals surface area contributed by atoms with Crippen LogP contribution < -0.4 is 5.32 Å². The summed E-state index contributed by atoms with van der Waals surface area (Å²) in [6.07, 6.45) is 2.57. The molecule has 0 saturated heterocycles. The molecular formula is C7H8N3O2. The first-order valence-electron chi connectivity index (χ1n) is 3.52. The minimum Gasteiger partial charge on any atom is -0.351 e. The third-order valence-corrected chi connectivity index (χ3v) is 1.22. The van der Waals surface area contributed by atoms with E-state index in [4.69, 9.17) is 0 Å². The summed E-state index contributed by atoms with van der Waals surface area (Å²) in [5.41, 5.74) is -0.153. The Morgan fingerprint density at radius 2 is 2.17 bits per heavy atom. The standard InChI is InChI=1S/C7H8N3O2/c1-2-8-6(11)5-7(12)10-4-3-9-5/h3-4H,2H2,1H3,(H,8,11). The fraction of sp³-hybridized carbons (Fsp3) is 0.286. The molecule has 0 saturated carbocycles. The maximum Gasteiger partial charge on any atom is 0.301 e. The van der Waals surface area contributed by atoms with Crippen molar-refractivity contribution in [2.45, 2.75) is 6.92 Å². The lowest BCUT2D eigenvalue weighted by Crippen LogP contribution is -2.23. The van der Waals surface area contributed by atoms with Gasteiger partial charge in [0.1, 0.15) is 0 Å². The van der Waals surface area contributed by atoms with Gasteiger partial charge < -0.3 is 5.32 Å². The lowest BCUT2D eigenvalue weighted by molar-refractivity contribution is 0.0944. The summed E-state index contributed by atoms with van der Waals surface area (Å²) in [6, 6.07) is 0. The van der Waals surface area contributed by atoms with Gasteiger partial charge in [0.2, 0.25) is 0 Å². The topological polar surface area (TPSA) is 74.8 Å². The van der Waals surface area contributed by atoms with Gasteiger partial charge in [-0.25, -0.2) is 9.97 Å². The molecule has 1 amide bonds. The second-order valence-electron chi connectivity index (χ2n) is 2.07. The molecule has 0 bridgehead atoms. The quantitative estimate of drug-likeness (QED) is 0.689. The first-order valence-corrected chi connectivity index (χ1v) is 3.52. The second kappa shape index (κ2) is 3.66. The van der Waals surface area contributed by atoms with E-state index in [0.29, 0.717) is 6.54 Å². The molecule has 0 spiro atoms. The molecule has 1 aromatic heterocycles. The number of aromatic nitrogens is 2. The Bertz CT molecular complexity index is 288. The molecule has 0 aliphatic rings. The first-order chi connectivity index (χ1) is 5.75. The fourth-order valence-electron chi connectivity index (χ4n) is 0.725. The molecule has 1 aromatic rings. The van der Waals surface area contributed by atoms with Gasteiger partial charge in [0.15, 0.2) is 5.69 Å². The minimum atomic E-state index is -0.594. The Hall–Kier alpha value is -1.65. The van der Waals surface area contributed by atoms with Crippen LogP contribution in [0.3, 0.4) is 0 Å². The van der Waals surface area contributed by atoms with Crippen molar-refractivity contribution in [1.29, 1.82) is 0 Å². The lowest BCUT2D eigenvalue weighted by Gasteiger charge is -1.99. The van der Waals surface area contributed by atoms with Crippen LogP contribution in [-0.4, -0.2) is 22.4 Å². The van der Waals surface area contributed by atoms with E-state index in [2.05, 4.69) is 15.3 Å². The maximum atomic E-state index is 11.1. The number of hydrogen-bond acceptors (Lipinski definition) is 3. The summed E-state index contributed by atoms with van der Waals surface area (Å²) in [6.45, 7) is 2.23. The molecule has 5 heteroatoms. The number of rotatable bonds is 2. The van der Waals surface area contributed by atoms with Gasteiger partial charge in [0.05, 0.1) is 0 Å². The zero-order valence-corrected chi connectivity index (χ0v) is 6.57. The van der Waals surface area contributed by atoms with E-state index in [0.717, 1.165) is 0 Å². The highest BCUT2D eigenvalue weighted by Gasteiger charge is 2.12. The van der Waals surface area contributed by atoms with Crippen LogP contribution in [-0.2, 0) is 5.11 Å². The van der Waals surface area contributed by atoms with E-state index < -0.39 is 11.8 Å². The van der Waals surface area contributed by atoms with Crippen molar-refractivity contribution in [2.24, 2.45) is 0 Å².